The van der Waals surface area contributed by atoms with Crippen LogP contribution in [-0.2, 0) is 6.54 Å². The topological polar surface area (TPSA) is 46.9 Å². The number of anilines is 1. The Morgan fingerprint density at radius 3 is 2.70 bits per heavy atom. The van der Waals surface area contributed by atoms with Crippen molar-refractivity contribution in [3.05, 3.63) is 83.2 Å². The largest absolute Gasteiger partial charge is 0.319 e. The molecule has 0 aliphatic rings. The van der Waals surface area contributed by atoms with Gasteiger partial charge in [0.25, 0.3) is 5.91 Å². The van der Waals surface area contributed by atoms with E-state index in [0.717, 1.165) is 11.1 Å². The molecule has 1 amide bonds. The van der Waals surface area contributed by atoms with Crippen LogP contribution in [0.2, 0.25) is 0 Å². The normalized spacial score (nSPS) is 10.5. The molecule has 4 nitrogen and oxygen atoms in total. The second-order valence-electron chi connectivity index (χ2n) is 5.68. The van der Waals surface area contributed by atoms with Gasteiger partial charge in [0.05, 0.1) is 18.4 Å². The van der Waals surface area contributed by atoms with Crippen LogP contribution in [0.25, 0.3) is 0 Å². The standard InChI is InChI=1S/C19H19N3O/c1-14-8-9-15(2)18(10-14)19(23)21-17-11-20-22(13-17)12-16-6-4-3-5-7-16/h3-11,13H,12H2,1-2H3,(H,21,23). The molecule has 0 bridgehead atoms. The van der Waals surface area contributed by atoms with Crippen molar-refractivity contribution in [2.45, 2.75) is 20.4 Å². The van der Waals surface area contributed by atoms with Crippen molar-refractivity contribution in [2.24, 2.45) is 0 Å². The summed E-state index contributed by atoms with van der Waals surface area (Å²) in [5, 5.41) is 7.21. The van der Waals surface area contributed by atoms with Crippen LogP contribution in [0.3, 0.4) is 0 Å². The molecule has 1 N–H and O–H groups in total. The summed E-state index contributed by atoms with van der Waals surface area (Å²) >= 11 is 0. The van der Waals surface area contributed by atoms with Crippen molar-refractivity contribution in [3.8, 4) is 0 Å². The molecular weight excluding hydrogens is 286 g/mol. The van der Waals surface area contributed by atoms with E-state index in [2.05, 4.69) is 22.5 Å². The Labute approximate surface area is 135 Å². The van der Waals surface area contributed by atoms with Crippen molar-refractivity contribution < 1.29 is 4.79 Å². The first-order valence-corrected chi connectivity index (χ1v) is 7.57. The minimum Gasteiger partial charge on any atom is -0.319 e. The number of hydrogen-bond donors (Lipinski definition) is 1. The fourth-order valence-electron chi connectivity index (χ4n) is 2.46. The van der Waals surface area contributed by atoms with Crippen LogP contribution < -0.4 is 5.32 Å². The van der Waals surface area contributed by atoms with E-state index < -0.39 is 0 Å². The number of benzene rings is 2. The number of carbonyl (C=O) groups excluding carboxylic acids is 1. The average molecular weight is 305 g/mol. The van der Waals surface area contributed by atoms with Gasteiger partial charge in [-0.15, -0.1) is 0 Å². The number of carbonyl (C=O) groups is 1. The van der Waals surface area contributed by atoms with E-state index in [9.17, 15) is 4.79 Å². The van der Waals surface area contributed by atoms with Crippen LogP contribution in [0.4, 0.5) is 5.69 Å². The smallest absolute Gasteiger partial charge is 0.256 e. The van der Waals surface area contributed by atoms with E-state index in [1.165, 1.54) is 5.56 Å². The summed E-state index contributed by atoms with van der Waals surface area (Å²) in [6.07, 6.45) is 3.52. The number of nitrogens with zero attached hydrogens (tertiary/aromatic N) is 2. The predicted octanol–water partition coefficient (Wildman–Crippen LogP) is 3.80. The summed E-state index contributed by atoms with van der Waals surface area (Å²) in [6.45, 7) is 4.60. The lowest BCUT2D eigenvalue weighted by atomic mass is 10.1. The third-order valence-electron chi connectivity index (χ3n) is 3.72. The van der Waals surface area contributed by atoms with Crippen molar-refractivity contribution in [1.82, 2.24) is 9.78 Å². The van der Waals surface area contributed by atoms with Gasteiger partial charge in [0, 0.05) is 11.8 Å². The molecule has 0 radical (unpaired) electrons. The molecule has 0 spiro atoms. The minimum absolute atomic E-state index is 0.106. The number of aryl methyl sites for hydroxylation is 2. The third kappa shape index (κ3) is 3.66. The van der Waals surface area contributed by atoms with Gasteiger partial charge in [-0.05, 0) is 31.0 Å². The summed E-state index contributed by atoms with van der Waals surface area (Å²) < 4.78 is 1.81. The zero-order chi connectivity index (χ0) is 16.2. The first kappa shape index (κ1) is 15.0. The summed E-state index contributed by atoms with van der Waals surface area (Å²) in [7, 11) is 0. The van der Waals surface area contributed by atoms with Crippen LogP contribution in [0.5, 0.6) is 0 Å². The van der Waals surface area contributed by atoms with E-state index >= 15 is 0 Å². The van der Waals surface area contributed by atoms with Crippen LogP contribution >= 0.6 is 0 Å². The Balaban J connectivity index is 1.71. The van der Waals surface area contributed by atoms with Crippen LogP contribution in [0, 0.1) is 13.8 Å². The Morgan fingerprint density at radius 2 is 1.91 bits per heavy atom. The fraction of sp³-hybridized carbons (Fsp3) is 0.158. The summed E-state index contributed by atoms with van der Waals surface area (Å²) in [5.74, 6) is -0.106. The molecule has 0 saturated heterocycles. The van der Waals surface area contributed by atoms with E-state index in [0.29, 0.717) is 17.8 Å². The number of nitrogens with one attached hydrogen (secondary N) is 1. The van der Waals surface area contributed by atoms with E-state index in [1.54, 1.807) is 6.20 Å². The summed E-state index contributed by atoms with van der Waals surface area (Å²) in [5.41, 5.74) is 4.60. The van der Waals surface area contributed by atoms with Crippen molar-refractivity contribution in [3.63, 3.8) is 0 Å². The molecule has 23 heavy (non-hydrogen) atoms. The van der Waals surface area contributed by atoms with Gasteiger partial charge in [-0.1, -0.05) is 48.0 Å². The van der Waals surface area contributed by atoms with Crippen LogP contribution in [-0.4, -0.2) is 15.7 Å². The molecule has 0 fully saturated rings. The van der Waals surface area contributed by atoms with Crippen LogP contribution in [0.15, 0.2) is 60.9 Å². The Kier molecular flexibility index (Phi) is 4.24. The molecule has 116 valence electrons. The van der Waals surface area contributed by atoms with Gasteiger partial charge < -0.3 is 5.32 Å². The van der Waals surface area contributed by atoms with Crippen LogP contribution in [0.1, 0.15) is 27.0 Å². The predicted molar refractivity (Wildman–Crippen MR) is 91.6 cm³/mol. The Morgan fingerprint density at radius 1 is 1.13 bits per heavy atom. The monoisotopic (exact) mass is 305 g/mol. The highest BCUT2D eigenvalue weighted by Crippen LogP contribution is 2.14. The lowest BCUT2D eigenvalue weighted by Crippen LogP contribution is -2.13. The highest BCUT2D eigenvalue weighted by molar-refractivity contribution is 6.05. The lowest BCUT2D eigenvalue weighted by molar-refractivity contribution is 0.102. The molecule has 3 rings (SSSR count). The Bertz CT molecular complexity index is 822. The fourth-order valence-corrected chi connectivity index (χ4v) is 2.46. The highest BCUT2D eigenvalue weighted by Gasteiger charge is 2.10. The molecule has 3 aromatic rings. The van der Waals surface area contributed by atoms with Gasteiger partial charge in [-0.3, -0.25) is 9.48 Å². The number of aromatic nitrogens is 2. The lowest BCUT2D eigenvalue weighted by Gasteiger charge is -2.07. The van der Waals surface area contributed by atoms with E-state index in [1.807, 2.05) is 61.1 Å². The number of rotatable bonds is 4. The second kappa shape index (κ2) is 6.48. The first-order chi connectivity index (χ1) is 11.1. The average Bonchev–Trinajstić information content (AvgIpc) is 2.97. The molecule has 1 aromatic heterocycles. The number of amides is 1. The maximum atomic E-state index is 12.4. The van der Waals surface area contributed by atoms with E-state index in [4.69, 9.17) is 0 Å². The molecule has 0 atom stereocenters. The molecule has 0 aliphatic heterocycles. The molecule has 0 saturated carbocycles. The maximum Gasteiger partial charge on any atom is 0.256 e. The molecular formula is C19H19N3O. The van der Waals surface area contributed by atoms with Crippen molar-refractivity contribution in [2.75, 3.05) is 5.32 Å². The van der Waals surface area contributed by atoms with Gasteiger partial charge in [-0.2, -0.15) is 5.10 Å². The summed E-state index contributed by atoms with van der Waals surface area (Å²) in [4.78, 5) is 12.4. The zero-order valence-corrected chi connectivity index (χ0v) is 13.3. The molecule has 2 aromatic carbocycles. The molecule has 1 heterocycles. The second-order valence-corrected chi connectivity index (χ2v) is 5.68. The molecule has 0 aliphatic carbocycles. The minimum atomic E-state index is -0.106. The van der Waals surface area contributed by atoms with Gasteiger partial charge in [-0.25, -0.2) is 0 Å². The van der Waals surface area contributed by atoms with Gasteiger partial charge in [0.1, 0.15) is 0 Å². The Hall–Kier alpha value is -2.88. The van der Waals surface area contributed by atoms with Gasteiger partial charge in [0.2, 0.25) is 0 Å². The first-order valence-electron chi connectivity index (χ1n) is 7.57. The summed E-state index contributed by atoms with van der Waals surface area (Å²) in [6, 6.07) is 16.0. The quantitative estimate of drug-likeness (QED) is 0.797. The maximum absolute atomic E-state index is 12.4. The van der Waals surface area contributed by atoms with Gasteiger partial charge in [0.15, 0.2) is 0 Å². The van der Waals surface area contributed by atoms with Gasteiger partial charge >= 0.3 is 0 Å². The molecule has 0 unspecified atom stereocenters. The number of hydrogen-bond acceptors (Lipinski definition) is 2. The SMILES string of the molecule is Cc1ccc(C)c(C(=O)Nc2cnn(Cc3ccccc3)c2)c1. The van der Waals surface area contributed by atoms with Crippen molar-refractivity contribution in [1.29, 1.82) is 0 Å². The van der Waals surface area contributed by atoms with Crippen molar-refractivity contribution >= 4 is 11.6 Å². The van der Waals surface area contributed by atoms with E-state index in [-0.39, 0.29) is 5.91 Å². The zero-order valence-electron chi connectivity index (χ0n) is 13.3. The third-order valence-corrected chi connectivity index (χ3v) is 3.72. The molecule has 4 heteroatoms. The highest BCUT2D eigenvalue weighted by atomic mass is 16.1.